The number of hydrogen-bond donors (Lipinski definition) is 1. The summed E-state index contributed by atoms with van der Waals surface area (Å²) in [5.41, 5.74) is 1.12. The lowest BCUT2D eigenvalue weighted by molar-refractivity contribution is -0.0242. The maximum atomic E-state index is 12.0. The first-order chi connectivity index (χ1) is 8.78. The van der Waals surface area contributed by atoms with Crippen LogP contribution in [0.3, 0.4) is 0 Å². The van der Waals surface area contributed by atoms with Gasteiger partial charge in [0, 0.05) is 18.4 Å². The van der Waals surface area contributed by atoms with Gasteiger partial charge in [-0.2, -0.15) is 0 Å². The molecule has 18 heavy (non-hydrogen) atoms. The molecule has 0 aromatic heterocycles. The fourth-order valence-corrected chi connectivity index (χ4v) is 2.98. The van der Waals surface area contributed by atoms with Crippen molar-refractivity contribution >= 4 is 5.97 Å². The topological polar surface area (TPSA) is 56.8 Å². The molecule has 1 saturated heterocycles. The van der Waals surface area contributed by atoms with Crippen LogP contribution < -0.4 is 14.8 Å². The lowest BCUT2D eigenvalue weighted by atomic mass is 9.84. The minimum atomic E-state index is -0.460. The SMILES string of the molecule is O=C1OC2(CCNCC2)c2cc3c(cc21)OCO3. The number of benzene rings is 1. The van der Waals surface area contributed by atoms with Crippen LogP contribution >= 0.6 is 0 Å². The third kappa shape index (κ3) is 1.22. The molecule has 0 aliphatic carbocycles. The van der Waals surface area contributed by atoms with E-state index in [1.807, 2.05) is 6.07 Å². The Morgan fingerprint density at radius 1 is 1.11 bits per heavy atom. The van der Waals surface area contributed by atoms with E-state index in [9.17, 15) is 4.79 Å². The van der Waals surface area contributed by atoms with E-state index in [2.05, 4.69) is 5.32 Å². The molecular weight excluding hydrogens is 234 g/mol. The van der Waals surface area contributed by atoms with Crippen LogP contribution in [0.1, 0.15) is 28.8 Å². The molecule has 0 radical (unpaired) electrons. The third-order valence-corrected chi connectivity index (χ3v) is 3.92. The molecule has 1 spiro atoms. The molecule has 94 valence electrons. The van der Waals surface area contributed by atoms with Gasteiger partial charge in [-0.05, 0) is 25.2 Å². The summed E-state index contributed by atoms with van der Waals surface area (Å²) in [4.78, 5) is 12.0. The monoisotopic (exact) mass is 247 g/mol. The number of fused-ring (bicyclic) bond motifs is 3. The highest BCUT2D eigenvalue weighted by atomic mass is 16.7. The minimum absolute atomic E-state index is 0.224. The zero-order chi connectivity index (χ0) is 12.2. The lowest BCUT2D eigenvalue weighted by Crippen LogP contribution is -2.39. The van der Waals surface area contributed by atoms with Gasteiger partial charge in [0.2, 0.25) is 6.79 Å². The van der Waals surface area contributed by atoms with Gasteiger partial charge in [0.25, 0.3) is 0 Å². The third-order valence-electron chi connectivity index (χ3n) is 3.92. The van der Waals surface area contributed by atoms with Crippen molar-refractivity contribution in [3.05, 3.63) is 23.3 Å². The summed E-state index contributed by atoms with van der Waals surface area (Å²) in [7, 11) is 0. The van der Waals surface area contributed by atoms with Gasteiger partial charge in [0.15, 0.2) is 11.5 Å². The first-order valence-corrected chi connectivity index (χ1v) is 6.17. The van der Waals surface area contributed by atoms with Crippen LogP contribution in [0.5, 0.6) is 11.5 Å². The minimum Gasteiger partial charge on any atom is -0.454 e. The smallest absolute Gasteiger partial charge is 0.339 e. The summed E-state index contributed by atoms with van der Waals surface area (Å²) in [6.07, 6.45) is 1.62. The fraction of sp³-hybridized carbons (Fsp3) is 0.462. The molecule has 5 heteroatoms. The van der Waals surface area contributed by atoms with Crippen molar-refractivity contribution in [1.29, 1.82) is 0 Å². The molecule has 4 rings (SSSR count). The van der Waals surface area contributed by atoms with Crippen molar-refractivity contribution in [3.8, 4) is 11.5 Å². The molecule has 0 atom stereocenters. The van der Waals surface area contributed by atoms with Gasteiger partial charge >= 0.3 is 5.97 Å². The zero-order valence-corrected chi connectivity index (χ0v) is 9.82. The number of hydrogen-bond acceptors (Lipinski definition) is 5. The quantitative estimate of drug-likeness (QED) is 0.697. The van der Waals surface area contributed by atoms with E-state index in [1.165, 1.54) is 0 Å². The molecule has 1 aromatic carbocycles. The second-order valence-electron chi connectivity index (χ2n) is 4.88. The van der Waals surface area contributed by atoms with Gasteiger partial charge in [-0.25, -0.2) is 4.79 Å². The highest BCUT2D eigenvalue weighted by Gasteiger charge is 2.47. The maximum absolute atomic E-state index is 12.0. The van der Waals surface area contributed by atoms with E-state index in [-0.39, 0.29) is 12.8 Å². The van der Waals surface area contributed by atoms with E-state index in [1.54, 1.807) is 6.07 Å². The van der Waals surface area contributed by atoms with Crippen molar-refractivity contribution in [2.75, 3.05) is 19.9 Å². The molecule has 1 fully saturated rings. The van der Waals surface area contributed by atoms with Gasteiger partial charge < -0.3 is 19.5 Å². The molecule has 1 N–H and O–H groups in total. The van der Waals surface area contributed by atoms with Crippen LogP contribution in [0, 0.1) is 0 Å². The number of piperidine rings is 1. The molecule has 1 aromatic rings. The van der Waals surface area contributed by atoms with Crippen LogP contribution in [0.4, 0.5) is 0 Å². The molecule has 0 unspecified atom stereocenters. The number of carbonyl (C=O) groups is 1. The average Bonchev–Trinajstić information content (AvgIpc) is 2.93. The maximum Gasteiger partial charge on any atom is 0.339 e. The van der Waals surface area contributed by atoms with E-state index in [0.717, 1.165) is 31.5 Å². The fourth-order valence-electron chi connectivity index (χ4n) is 2.98. The highest BCUT2D eigenvalue weighted by Crippen LogP contribution is 2.47. The summed E-state index contributed by atoms with van der Waals surface area (Å²) in [5, 5.41) is 3.29. The first kappa shape index (κ1) is 10.2. The Morgan fingerprint density at radius 3 is 2.61 bits per heavy atom. The van der Waals surface area contributed by atoms with Crippen molar-refractivity contribution in [3.63, 3.8) is 0 Å². The predicted octanol–water partition coefficient (Wildman–Crippen LogP) is 1.16. The molecule has 5 nitrogen and oxygen atoms in total. The van der Waals surface area contributed by atoms with Crippen molar-refractivity contribution in [2.24, 2.45) is 0 Å². The Bertz CT molecular complexity index is 534. The number of rotatable bonds is 0. The van der Waals surface area contributed by atoms with Gasteiger partial charge in [-0.15, -0.1) is 0 Å². The van der Waals surface area contributed by atoms with Gasteiger partial charge in [0.05, 0.1) is 5.56 Å². The van der Waals surface area contributed by atoms with Crippen molar-refractivity contribution in [1.82, 2.24) is 5.32 Å². The Labute approximate surface area is 104 Å². The largest absolute Gasteiger partial charge is 0.454 e. The summed E-state index contributed by atoms with van der Waals surface area (Å²) in [6, 6.07) is 3.66. The molecule has 0 bridgehead atoms. The molecule has 0 saturated carbocycles. The van der Waals surface area contributed by atoms with Crippen LogP contribution in [-0.2, 0) is 10.3 Å². The van der Waals surface area contributed by atoms with Crippen LogP contribution in [-0.4, -0.2) is 25.9 Å². The highest BCUT2D eigenvalue weighted by molar-refractivity contribution is 5.95. The Hall–Kier alpha value is -1.75. The van der Waals surface area contributed by atoms with E-state index in [4.69, 9.17) is 14.2 Å². The first-order valence-electron chi connectivity index (χ1n) is 6.17. The average molecular weight is 247 g/mol. The zero-order valence-electron chi connectivity index (χ0n) is 9.82. The standard InChI is InChI=1S/C13H13NO4/c15-12-8-5-10-11(17-7-16-10)6-9(8)13(18-12)1-3-14-4-2-13/h5-6,14H,1-4,7H2. The molecule has 3 aliphatic heterocycles. The van der Waals surface area contributed by atoms with Gasteiger partial charge in [-0.3, -0.25) is 0 Å². The van der Waals surface area contributed by atoms with Gasteiger partial charge in [-0.1, -0.05) is 0 Å². The summed E-state index contributed by atoms with van der Waals surface area (Å²) >= 11 is 0. The van der Waals surface area contributed by atoms with Crippen LogP contribution in [0.25, 0.3) is 0 Å². The molecule has 3 heterocycles. The van der Waals surface area contributed by atoms with Crippen LogP contribution in [0.15, 0.2) is 12.1 Å². The summed E-state index contributed by atoms with van der Waals surface area (Å²) < 4.78 is 16.3. The number of ether oxygens (including phenoxy) is 3. The number of carbonyl (C=O) groups excluding carboxylic acids is 1. The van der Waals surface area contributed by atoms with Crippen molar-refractivity contribution < 1.29 is 19.0 Å². The van der Waals surface area contributed by atoms with E-state index >= 15 is 0 Å². The van der Waals surface area contributed by atoms with E-state index < -0.39 is 5.60 Å². The second-order valence-corrected chi connectivity index (χ2v) is 4.88. The number of nitrogens with one attached hydrogen (secondary N) is 1. The van der Waals surface area contributed by atoms with Crippen LogP contribution in [0.2, 0.25) is 0 Å². The Morgan fingerprint density at radius 2 is 1.83 bits per heavy atom. The molecule has 0 amide bonds. The lowest BCUT2D eigenvalue weighted by Gasteiger charge is -2.33. The normalized spacial score (nSPS) is 23.0. The Balaban J connectivity index is 1.87. The summed E-state index contributed by atoms with van der Waals surface area (Å²) in [5.74, 6) is 1.10. The Kier molecular flexibility index (Phi) is 1.92. The molecular formula is C13H13NO4. The predicted molar refractivity (Wildman–Crippen MR) is 61.8 cm³/mol. The second kappa shape index (κ2) is 3.38. The summed E-state index contributed by atoms with van der Waals surface area (Å²) in [6.45, 7) is 1.95. The van der Waals surface area contributed by atoms with Gasteiger partial charge in [0.1, 0.15) is 5.60 Å². The number of esters is 1. The van der Waals surface area contributed by atoms with Crippen molar-refractivity contribution in [2.45, 2.75) is 18.4 Å². The molecule has 3 aliphatic rings. The van der Waals surface area contributed by atoms with E-state index in [0.29, 0.717) is 17.1 Å².